The Labute approximate surface area is 131 Å². The molecule has 1 amide bonds. The summed E-state index contributed by atoms with van der Waals surface area (Å²) >= 11 is 0. The van der Waals surface area contributed by atoms with Crippen molar-refractivity contribution in [2.45, 2.75) is 76.9 Å². The second-order valence-corrected chi connectivity index (χ2v) is 7.36. The highest BCUT2D eigenvalue weighted by Crippen LogP contribution is 2.55. The number of carbonyl (C=O) groups is 2. The molecule has 3 fully saturated rings. The fourth-order valence-electron chi connectivity index (χ4n) is 4.71. The first kappa shape index (κ1) is 15.8. The molecule has 3 aliphatic carbocycles. The molecule has 5 nitrogen and oxygen atoms in total. The first-order chi connectivity index (χ1) is 10.5. The lowest BCUT2D eigenvalue weighted by molar-refractivity contribution is -0.160. The molecule has 3 aliphatic rings. The second-order valence-electron chi connectivity index (χ2n) is 7.36. The lowest BCUT2D eigenvalue weighted by atomic mass is 9.60. The average Bonchev–Trinajstić information content (AvgIpc) is 2.94. The van der Waals surface area contributed by atoms with Gasteiger partial charge in [-0.1, -0.05) is 19.3 Å². The summed E-state index contributed by atoms with van der Waals surface area (Å²) in [7, 11) is 0. The van der Waals surface area contributed by atoms with E-state index < -0.39 is 11.4 Å². The number of amides is 1. The van der Waals surface area contributed by atoms with Gasteiger partial charge in [0, 0.05) is 24.5 Å². The van der Waals surface area contributed by atoms with Gasteiger partial charge in [0.25, 0.3) is 0 Å². The van der Waals surface area contributed by atoms with Crippen LogP contribution in [-0.2, 0) is 14.3 Å². The Hall–Kier alpha value is -1.10. The molecule has 0 aromatic heterocycles. The first-order valence-corrected chi connectivity index (χ1v) is 8.67. The Kier molecular flexibility index (Phi) is 4.19. The summed E-state index contributed by atoms with van der Waals surface area (Å²) in [6.45, 7) is 2.73. The number of aliphatic carboxylic acids is 1. The Morgan fingerprint density at radius 3 is 2.36 bits per heavy atom. The number of hydrogen-bond donors (Lipinski definition) is 2. The monoisotopic (exact) mass is 309 g/mol. The molecule has 2 atom stereocenters. The van der Waals surface area contributed by atoms with Crippen molar-refractivity contribution >= 4 is 11.9 Å². The number of rotatable bonds is 6. The Morgan fingerprint density at radius 2 is 1.86 bits per heavy atom. The smallest absolute Gasteiger partial charge is 0.310 e. The molecule has 5 heteroatoms. The van der Waals surface area contributed by atoms with Gasteiger partial charge < -0.3 is 15.2 Å². The van der Waals surface area contributed by atoms with Crippen molar-refractivity contribution in [2.75, 3.05) is 6.61 Å². The van der Waals surface area contributed by atoms with E-state index in [-0.39, 0.29) is 29.9 Å². The molecule has 0 aliphatic heterocycles. The van der Waals surface area contributed by atoms with Gasteiger partial charge in [-0.3, -0.25) is 9.59 Å². The number of nitrogens with one attached hydrogen (secondary N) is 1. The zero-order valence-electron chi connectivity index (χ0n) is 13.4. The van der Waals surface area contributed by atoms with E-state index in [1.165, 1.54) is 12.8 Å². The van der Waals surface area contributed by atoms with Crippen molar-refractivity contribution in [3.8, 4) is 0 Å². The molecule has 2 N–H and O–H groups in total. The van der Waals surface area contributed by atoms with Crippen LogP contribution < -0.4 is 5.32 Å². The largest absolute Gasteiger partial charge is 0.481 e. The summed E-state index contributed by atoms with van der Waals surface area (Å²) in [5, 5.41) is 12.5. The van der Waals surface area contributed by atoms with Crippen molar-refractivity contribution in [3.63, 3.8) is 0 Å². The Balaban J connectivity index is 1.59. The number of carbonyl (C=O) groups excluding carboxylic acids is 1. The zero-order valence-corrected chi connectivity index (χ0v) is 13.4. The molecular weight excluding hydrogens is 282 g/mol. The van der Waals surface area contributed by atoms with E-state index in [2.05, 4.69) is 5.32 Å². The summed E-state index contributed by atoms with van der Waals surface area (Å²) in [6, 6.07) is 0.171. The number of hydrogen-bond acceptors (Lipinski definition) is 3. The third-order valence-electron chi connectivity index (χ3n) is 6.29. The van der Waals surface area contributed by atoms with Crippen LogP contribution in [0, 0.1) is 10.8 Å². The number of carboxylic acids is 1. The maximum absolute atomic E-state index is 12.3. The number of carboxylic acid groups (broad SMARTS) is 1. The van der Waals surface area contributed by atoms with Crippen LogP contribution in [0.1, 0.15) is 64.7 Å². The predicted octanol–water partition coefficient (Wildman–Crippen LogP) is 2.49. The Bertz CT molecular complexity index is 452. The van der Waals surface area contributed by atoms with Gasteiger partial charge in [0.2, 0.25) is 5.91 Å². The van der Waals surface area contributed by atoms with Gasteiger partial charge >= 0.3 is 5.97 Å². The van der Waals surface area contributed by atoms with E-state index in [1.54, 1.807) is 0 Å². The summed E-state index contributed by atoms with van der Waals surface area (Å²) < 4.78 is 5.85. The highest BCUT2D eigenvalue weighted by molar-refractivity contribution is 5.85. The Morgan fingerprint density at radius 1 is 1.18 bits per heavy atom. The summed E-state index contributed by atoms with van der Waals surface area (Å²) in [5.41, 5.74) is -0.683. The number of ether oxygens (including phenoxy) is 1. The van der Waals surface area contributed by atoms with Crippen LogP contribution in [0.15, 0.2) is 0 Å². The highest BCUT2D eigenvalue weighted by atomic mass is 16.5. The summed E-state index contributed by atoms with van der Waals surface area (Å²) in [6.07, 6.45) is 8.10. The molecule has 22 heavy (non-hydrogen) atoms. The minimum absolute atomic E-state index is 0.0895. The van der Waals surface area contributed by atoms with Crippen LogP contribution >= 0.6 is 0 Å². The van der Waals surface area contributed by atoms with E-state index in [0.717, 1.165) is 32.3 Å². The third kappa shape index (κ3) is 2.43. The molecule has 1 spiro atoms. The first-order valence-electron chi connectivity index (χ1n) is 8.67. The zero-order chi connectivity index (χ0) is 15.8. The lowest BCUT2D eigenvalue weighted by Gasteiger charge is -2.54. The second kappa shape index (κ2) is 5.84. The predicted molar refractivity (Wildman–Crippen MR) is 81.4 cm³/mol. The molecule has 0 saturated heterocycles. The van der Waals surface area contributed by atoms with Crippen LogP contribution in [0.4, 0.5) is 0 Å². The standard InChI is InChI=1S/C17H27NO4/c1-2-22-13-10-12(17(13)8-3-4-9-17)18-14(19)11-16(15(20)21)6-5-7-16/h12-13H,2-11H2,1H3,(H,18,19)(H,20,21). The minimum Gasteiger partial charge on any atom is -0.481 e. The fourth-order valence-corrected chi connectivity index (χ4v) is 4.71. The van der Waals surface area contributed by atoms with Crippen LogP contribution in [0.25, 0.3) is 0 Å². The van der Waals surface area contributed by atoms with Gasteiger partial charge in [-0.25, -0.2) is 0 Å². The van der Waals surface area contributed by atoms with E-state index in [9.17, 15) is 14.7 Å². The van der Waals surface area contributed by atoms with Crippen molar-refractivity contribution < 1.29 is 19.4 Å². The molecule has 3 saturated carbocycles. The van der Waals surface area contributed by atoms with E-state index in [4.69, 9.17) is 4.74 Å². The van der Waals surface area contributed by atoms with E-state index in [1.807, 2.05) is 6.92 Å². The van der Waals surface area contributed by atoms with Crippen LogP contribution in [0.5, 0.6) is 0 Å². The minimum atomic E-state index is -0.815. The van der Waals surface area contributed by atoms with Crippen LogP contribution in [0.3, 0.4) is 0 Å². The molecular formula is C17H27NO4. The third-order valence-corrected chi connectivity index (χ3v) is 6.29. The average molecular weight is 309 g/mol. The summed E-state index contributed by atoms with van der Waals surface area (Å²) in [5.74, 6) is -0.904. The maximum Gasteiger partial charge on any atom is 0.310 e. The van der Waals surface area contributed by atoms with Crippen molar-refractivity contribution in [1.29, 1.82) is 0 Å². The normalized spacial score (nSPS) is 31.3. The van der Waals surface area contributed by atoms with Crippen molar-refractivity contribution in [2.24, 2.45) is 10.8 Å². The topological polar surface area (TPSA) is 75.6 Å². The molecule has 124 valence electrons. The molecule has 0 radical (unpaired) electrons. The lowest BCUT2D eigenvalue weighted by Crippen LogP contribution is -2.64. The van der Waals surface area contributed by atoms with E-state index >= 15 is 0 Å². The molecule has 0 aromatic rings. The maximum atomic E-state index is 12.3. The molecule has 3 rings (SSSR count). The van der Waals surface area contributed by atoms with E-state index in [0.29, 0.717) is 12.8 Å². The van der Waals surface area contributed by atoms with Crippen LogP contribution in [0.2, 0.25) is 0 Å². The molecule has 2 unspecified atom stereocenters. The SMILES string of the molecule is CCOC1CC(NC(=O)CC2(C(=O)O)CCC2)C12CCCC2. The van der Waals surface area contributed by atoms with Gasteiger partial charge in [0.1, 0.15) is 0 Å². The van der Waals surface area contributed by atoms with Gasteiger partial charge in [0.15, 0.2) is 0 Å². The molecule has 0 aromatic carbocycles. The van der Waals surface area contributed by atoms with Crippen LogP contribution in [-0.4, -0.2) is 35.7 Å². The van der Waals surface area contributed by atoms with Gasteiger partial charge in [0.05, 0.1) is 11.5 Å². The van der Waals surface area contributed by atoms with Gasteiger partial charge in [-0.15, -0.1) is 0 Å². The molecule has 0 heterocycles. The summed E-state index contributed by atoms with van der Waals surface area (Å²) in [4.78, 5) is 23.7. The fraction of sp³-hybridized carbons (Fsp3) is 0.882. The van der Waals surface area contributed by atoms with Crippen molar-refractivity contribution in [3.05, 3.63) is 0 Å². The quantitative estimate of drug-likeness (QED) is 0.790. The highest BCUT2D eigenvalue weighted by Gasteiger charge is 2.57. The van der Waals surface area contributed by atoms with Crippen molar-refractivity contribution in [1.82, 2.24) is 5.32 Å². The van der Waals surface area contributed by atoms with Gasteiger partial charge in [-0.2, -0.15) is 0 Å². The molecule has 0 bridgehead atoms. The van der Waals surface area contributed by atoms with Gasteiger partial charge in [-0.05, 0) is 39.0 Å².